The minimum Gasteiger partial charge on any atom is -0.479 e. The van der Waals surface area contributed by atoms with Crippen LogP contribution in [0.4, 0.5) is 14.0 Å². The van der Waals surface area contributed by atoms with Gasteiger partial charge in [-0.2, -0.15) is 0 Å². The summed E-state index contributed by atoms with van der Waals surface area (Å²) in [5.74, 6) is -3.35. The Kier molecular flexibility index (Phi) is 10.3. The molecule has 13 nitrogen and oxygen atoms in total. The summed E-state index contributed by atoms with van der Waals surface area (Å²) < 4.78 is 24.2. The molecule has 6 atom stereocenters. The molecule has 4 N–H and O–H groups in total. The Morgan fingerprint density at radius 2 is 1.93 bits per heavy atom. The monoisotopic (exact) mass is 631 g/mol. The zero-order valence-corrected chi connectivity index (χ0v) is 26.0. The van der Waals surface area contributed by atoms with Crippen LogP contribution >= 0.6 is 0 Å². The van der Waals surface area contributed by atoms with Gasteiger partial charge in [-0.1, -0.05) is 25.0 Å². The fraction of sp³-hybridized carbons (Fsp3) is 0.613. The van der Waals surface area contributed by atoms with E-state index in [9.17, 15) is 33.5 Å². The average molecular weight is 632 g/mol. The van der Waals surface area contributed by atoms with E-state index >= 15 is 0 Å². The number of pyridine rings is 1. The highest BCUT2D eigenvalue weighted by atomic mass is 19.1. The molecule has 2 aliphatic heterocycles. The van der Waals surface area contributed by atoms with Gasteiger partial charge in [0.1, 0.15) is 35.1 Å². The number of hydrogen-bond donors (Lipinski definition) is 4. The standard InChI is InChI=1S/C31H42FN5O8/c1-18(22-13-12-20(32)16-33-22)34-28(42)44-21-14-24-25(38)36-31(27(40)41)15-19(31)10-8-6-5-7-9-11-23(26(39)37(24)17-21)35-29(43)45-30(2,3)4/h8,10,12-13,16,18-19,21,23-24H,5-7,9,11,14-15,17H2,1-4H3,(H,34,42)(H,35,43)(H,36,38)(H,40,41)/t18-,19-,21-,23+,24+,31-/m1/s1. The van der Waals surface area contributed by atoms with E-state index in [2.05, 4.69) is 20.9 Å². The van der Waals surface area contributed by atoms with Crippen molar-refractivity contribution in [1.82, 2.24) is 25.8 Å². The van der Waals surface area contributed by atoms with Crippen LogP contribution in [-0.4, -0.2) is 80.8 Å². The highest BCUT2D eigenvalue weighted by molar-refractivity contribution is 5.96. The summed E-state index contributed by atoms with van der Waals surface area (Å²) in [7, 11) is 0. The second-order valence-electron chi connectivity index (χ2n) is 12.9. The van der Waals surface area contributed by atoms with Gasteiger partial charge >= 0.3 is 18.2 Å². The number of nitrogens with zero attached hydrogens (tertiary/aromatic N) is 2. The molecule has 45 heavy (non-hydrogen) atoms. The fourth-order valence-corrected chi connectivity index (χ4v) is 5.68. The fourth-order valence-electron chi connectivity index (χ4n) is 5.68. The number of alkyl carbamates (subject to hydrolysis) is 2. The summed E-state index contributed by atoms with van der Waals surface area (Å²) in [6, 6.07) is -0.195. The van der Waals surface area contributed by atoms with Gasteiger partial charge in [-0.05, 0) is 65.5 Å². The van der Waals surface area contributed by atoms with Crippen LogP contribution in [0.5, 0.6) is 0 Å². The molecule has 0 bridgehead atoms. The highest BCUT2D eigenvalue weighted by Crippen LogP contribution is 2.45. The zero-order chi connectivity index (χ0) is 32.9. The second kappa shape index (κ2) is 13.8. The third-order valence-corrected chi connectivity index (χ3v) is 8.11. The van der Waals surface area contributed by atoms with Crippen LogP contribution in [0.1, 0.15) is 84.4 Å². The Balaban J connectivity index is 1.55. The van der Waals surface area contributed by atoms with Gasteiger partial charge in [0, 0.05) is 12.3 Å². The summed E-state index contributed by atoms with van der Waals surface area (Å²) >= 11 is 0. The number of carboxylic acid groups (broad SMARTS) is 1. The molecule has 1 aliphatic carbocycles. The lowest BCUT2D eigenvalue weighted by molar-refractivity contribution is -0.145. The Morgan fingerprint density at radius 1 is 1.18 bits per heavy atom. The third-order valence-electron chi connectivity index (χ3n) is 8.11. The molecular formula is C31H42FN5O8. The average Bonchev–Trinajstić information content (AvgIpc) is 3.48. The molecule has 0 radical (unpaired) electrons. The Hall–Kier alpha value is -4.23. The zero-order valence-electron chi connectivity index (χ0n) is 26.0. The number of aliphatic carboxylic acids is 1. The number of carboxylic acids is 1. The van der Waals surface area contributed by atoms with Gasteiger partial charge in [-0.15, -0.1) is 0 Å². The SMILES string of the molecule is C[C@@H](NC(=O)O[C@@H]1C[C@H]2C(=O)N[C@]3(C(=O)O)C[C@H]3C=CCCCCC[C@H](NC(=O)OC(C)(C)C)C(=O)N2C1)c1ccc(F)cn1. The minimum atomic E-state index is -1.50. The van der Waals surface area contributed by atoms with Crippen molar-refractivity contribution in [3.8, 4) is 0 Å². The molecule has 4 rings (SSSR count). The van der Waals surface area contributed by atoms with Crippen LogP contribution in [0.2, 0.25) is 0 Å². The molecule has 2 fully saturated rings. The van der Waals surface area contributed by atoms with Crippen molar-refractivity contribution in [3.63, 3.8) is 0 Å². The van der Waals surface area contributed by atoms with E-state index in [4.69, 9.17) is 9.47 Å². The molecule has 0 aromatic carbocycles. The molecule has 1 aromatic rings. The minimum absolute atomic E-state index is 0.0937. The molecular weight excluding hydrogens is 589 g/mol. The summed E-state index contributed by atoms with van der Waals surface area (Å²) in [6.45, 7) is 6.56. The normalized spacial score (nSPS) is 27.9. The summed E-state index contributed by atoms with van der Waals surface area (Å²) in [6.07, 6.45) is 5.47. The number of halogens is 1. The van der Waals surface area contributed by atoms with Crippen LogP contribution in [-0.2, 0) is 23.9 Å². The predicted octanol–water partition coefficient (Wildman–Crippen LogP) is 3.35. The van der Waals surface area contributed by atoms with Gasteiger partial charge in [-0.25, -0.2) is 18.8 Å². The van der Waals surface area contributed by atoms with Gasteiger partial charge in [0.2, 0.25) is 11.8 Å². The van der Waals surface area contributed by atoms with Crippen LogP contribution in [0, 0.1) is 11.7 Å². The molecule has 0 spiro atoms. The molecule has 1 aromatic heterocycles. The van der Waals surface area contributed by atoms with Crippen LogP contribution in [0.25, 0.3) is 0 Å². The number of carbonyl (C=O) groups is 5. The summed E-state index contributed by atoms with van der Waals surface area (Å²) in [4.78, 5) is 70.6. The van der Waals surface area contributed by atoms with E-state index in [1.165, 1.54) is 17.0 Å². The first-order valence-electron chi connectivity index (χ1n) is 15.3. The lowest BCUT2D eigenvalue weighted by Crippen LogP contribution is -2.56. The predicted molar refractivity (Wildman–Crippen MR) is 158 cm³/mol. The molecule has 14 heteroatoms. The Morgan fingerprint density at radius 3 is 2.60 bits per heavy atom. The largest absolute Gasteiger partial charge is 0.479 e. The molecule has 3 aliphatic rings. The van der Waals surface area contributed by atoms with E-state index in [-0.39, 0.29) is 25.8 Å². The van der Waals surface area contributed by atoms with Crippen molar-refractivity contribution < 1.29 is 42.9 Å². The lowest BCUT2D eigenvalue weighted by Gasteiger charge is -2.30. The number of fused-ring (bicyclic) bond motifs is 2. The topological polar surface area (TPSA) is 176 Å². The number of aromatic nitrogens is 1. The van der Waals surface area contributed by atoms with Crippen molar-refractivity contribution in [1.29, 1.82) is 0 Å². The van der Waals surface area contributed by atoms with Crippen LogP contribution in [0.3, 0.4) is 0 Å². The first-order chi connectivity index (χ1) is 21.2. The smallest absolute Gasteiger partial charge is 0.408 e. The van der Waals surface area contributed by atoms with Gasteiger partial charge in [0.25, 0.3) is 0 Å². The number of ether oxygens (including phenoxy) is 2. The van der Waals surface area contributed by atoms with Crippen molar-refractivity contribution >= 4 is 30.0 Å². The number of amides is 4. The van der Waals surface area contributed by atoms with Crippen LogP contribution in [0.15, 0.2) is 30.5 Å². The first kappa shape index (κ1) is 33.7. The Labute approximate surface area is 261 Å². The molecule has 246 valence electrons. The molecule has 1 saturated heterocycles. The van der Waals surface area contributed by atoms with Gasteiger partial charge in [-0.3, -0.25) is 14.6 Å². The quantitative estimate of drug-likeness (QED) is 0.355. The van der Waals surface area contributed by atoms with E-state index in [0.717, 1.165) is 19.0 Å². The number of rotatable bonds is 5. The number of carbonyl (C=O) groups excluding carboxylic acids is 4. The molecule has 4 amide bonds. The van der Waals surface area contributed by atoms with E-state index in [1.54, 1.807) is 27.7 Å². The Bertz CT molecular complexity index is 1320. The van der Waals surface area contributed by atoms with E-state index < -0.39 is 77.1 Å². The molecule has 0 unspecified atom stereocenters. The summed E-state index contributed by atoms with van der Waals surface area (Å²) in [5.41, 5.74) is -1.91. The number of hydrogen-bond acceptors (Lipinski definition) is 8. The summed E-state index contributed by atoms with van der Waals surface area (Å²) in [5, 5.41) is 17.9. The third kappa shape index (κ3) is 8.70. The lowest BCUT2D eigenvalue weighted by atomic mass is 10.0. The van der Waals surface area contributed by atoms with Crippen LogP contribution < -0.4 is 16.0 Å². The van der Waals surface area contributed by atoms with Crippen molar-refractivity contribution in [2.45, 2.75) is 108 Å². The maximum atomic E-state index is 14.0. The maximum Gasteiger partial charge on any atom is 0.408 e. The molecule has 3 heterocycles. The van der Waals surface area contributed by atoms with Gasteiger partial charge in [0.05, 0.1) is 24.5 Å². The van der Waals surface area contributed by atoms with E-state index in [0.29, 0.717) is 18.5 Å². The van der Waals surface area contributed by atoms with Crippen molar-refractivity contribution in [3.05, 3.63) is 42.0 Å². The van der Waals surface area contributed by atoms with E-state index in [1.807, 2.05) is 12.2 Å². The highest BCUT2D eigenvalue weighted by Gasteiger charge is 2.61. The van der Waals surface area contributed by atoms with Crippen molar-refractivity contribution in [2.24, 2.45) is 5.92 Å². The maximum absolute atomic E-state index is 14.0. The van der Waals surface area contributed by atoms with Crippen molar-refractivity contribution in [2.75, 3.05) is 6.54 Å². The molecule has 1 saturated carbocycles. The second-order valence-corrected chi connectivity index (χ2v) is 12.9. The van der Waals surface area contributed by atoms with Gasteiger partial charge in [0.15, 0.2) is 0 Å². The van der Waals surface area contributed by atoms with Gasteiger partial charge < -0.3 is 35.4 Å². The number of allylic oxidation sites excluding steroid dienone is 1. The first-order valence-corrected chi connectivity index (χ1v) is 15.3. The number of nitrogens with one attached hydrogen (secondary N) is 3.